The summed E-state index contributed by atoms with van der Waals surface area (Å²) >= 11 is 3.98. The van der Waals surface area contributed by atoms with E-state index in [0.29, 0.717) is 5.56 Å². The highest BCUT2D eigenvalue weighted by molar-refractivity contribution is 7.80. The molecule has 14 nitrogen and oxygen atoms in total. The predicted molar refractivity (Wildman–Crippen MR) is 123 cm³/mol. The first-order valence-electron chi connectivity index (χ1n) is 10.1. The van der Waals surface area contributed by atoms with E-state index in [9.17, 15) is 33.9 Å². The second-order valence-corrected chi connectivity index (χ2v) is 7.81. The smallest absolute Gasteiger partial charge is 0.326 e. The molecule has 0 heterocycles. The molecule has 0 aromatic heterocycles. The third kappa shape index (κ3) is 10.3. The largest absolute Gasteiger partial charge is 0.508 e. The fraction of sp³-hybridized carbons (Fsp3) is 0.400. The zero-order chi connectivity index (χ0) is 26.7. The lowest BCUT2D eigenvalue weighted by atomic mass is 10.1. The van der Waals surface area contributed by atoms with Crippen LogP contribution in [0.15, 0.2) is 24.3 Å². The molecule has 0 aliphatic carbocycles. The lowest BCUT2D eigenvalue weighted by Gasteiger charge is -2.23. The first-order valence-corrected chi connectivity index (χ1v) is 10.8. The molecular weight excluding hydrogens is 486 g/mol. The van der Waals surface area contributed by atoms with Gasteiger partial charge in [-0.3, -0.25) is 24.0 Å². The standard InChI is InChI=1S/C20H27N5O9S/c21-11(5-9-1-3-10(26)4-2-9)17(30)25-14(8-35)19(32)23-12(7-16(28)29)18(31)24-13(20(33)34)6-15(22)27/h1-4,11-14,26,35H,5-8,21H2,(H2,22,27)(H,23,32)(H,24,31)(H,25,30)(H,28,29)(H,33,34). The number of phenols is 1. The highest BCUT2D eigenvalue weighted by atomic mass is 32.1. The van der Waals surface area contributed by atoms with E-state index < -0.39 is 72.6 Å². The minimum atomic E-state index is -1.74. The van der Waals surface area contributed by atoms with Crippen LogP contribution in [0.3, 0.4) is 0 Å². The average molecular weight is 514 g/mol. The minimum Gasteiger partial charge on any atom is -0.508 e. The molecule has 1 aromatic carbocycles. The second kappa shape index (κ2) is 13.8. The van der Waals surface area contributed by atoms with E-state index in [-0.39, 0.29) is 17.9 Å². The van der Waals surface area contributed by atoms with Gasteiger partial charge in [-0.15, -0.1) is 0 Å². The Kier molecular flexibility index (Phi) is 11.5. The number of phenolic OH excluding ortho intramolecular Hbond substituents is 1. The summed E-state index contributed by atoms with van der Waals surface area (Å²) in [5.41, 5.74) is 11.4. The molecule has 0 aliphatic heterocycles. The summed E-state index contributed by atoms with van der Waals surface area (Å²) < 4.78 is 0. The van der Waals surface area contributed by atoms with Crippen molar-refractivity contribution >= 4 is 48.2 Å². The number of carboxylic acid groups (broad SMARTS) is 2. The maximum Gasteiger partial charge on any atom is 0.326 e. The molecule has 0 radical (unpaired) electrons. The number of benzene rings is 1. The van der Waals surface area contributed by atoms with Crippen molar-refractivity contribution in [2.75, 3.05) is 5.75 Å². The Balaban J connectivity index is 2.85. The number of carboxylic acids is 2. The molecule has 4 atom stereocenters. The molecule has 10 N–H and O–H groups in total. The van der Waals surface area contributed by atoms with Crippen LogP contribution in [0, 0.1) is 0 Å². The van der Waals surface area contributed by atoms with Gasteiger partial charge in [0.1, 0.15) is 23.9 Å². The van der Waals surface area contributed by atoms with Crippen molar-refractivity contribution in [3.63, 3.8) is 0 Å². The number of carbonyl (C=O) groups is 6. The topological polar surface area (TPSA) is 251 Å². The molecule has 192 valence electrons. The Hall–Kier alpha value is -3.85. The molecule has 0 saturated heterocycles. The maximum absolute atomic E-state index is 12.6. The van der Waals surface area contributed by atoms with Crippen LogP contribution in [0.1, 0.15) is 18.4 Å². The van der Waals surface area contributed by atoms with Gasteiger partial charge in [-0.25, -0.2) is 4.79 Å². The molecule has 0 aliphatic rings. The highest BCUT2D eigenvalue weighted by Crippen LogP contribution is 2.11. The van der Waals surface area contributed by atoms with Crippen LogP contribution in [-0.2, 0) is 35.2 Å². The third-order valence-corrected chi connectivity index (χ3v) is 4.94. The first kappa shape index (κ1) is 29.2. The van der Waals surface area contributed by atoms with Crippen LogP contribution in [0.2, 0.25) is 0 Å². The van der Waals surface area contributed by atoms with E-state index in [1.165, 1.54) is 12.1 Å². The summed E-state index contributed by atoms with van der Waals surface area (Å²) in [6.07, 6.45) is -1.61. The van der Waals surface area contributed by atoms with Gasteiger partial charge in [0.15, 0.2) is 0 Å². The Labute approximate surface area is 204 Å². The SMILES string of the molecule is NC(=O)CC(NC(=O)C(CC(=O)O)NC(=O)C(CS)NC(=O)C(N)Cc1ccc(O)cc1)C(=O)O. The number of aliphatic carboxylic acids is 2. The zero-order valence-corrected chi connectivity index (χ0v) is 19.2. The molecule has 15 heteroatoms. The van der Waals surface area contributed by atoms with Gasteiger partial charge in [-0.05, 0) is 24.1 Å². The average Bonchev–Trinajstić information content (AvgIpc) is 2.76. The van der Waals surface area contributed by atoms with Gasteiger partial charge < -0.3 is 42.7 Å². The number of nitrogens with one attached hydrogen (secondary N) is 3. The number of nitrogens with two attached hydrogens (primary N) is 2. The molecule has 0 saturated carbocycles. The van der Waals surface area contributed by atoms with E-state index in [1.807, 2.05) is 5.32 Å². The third-order valence-electron chi connectivity index (χ3n) is 4.58. The Bertz CT molecular complexity index is 957. The van der Waals surface area contributed by atoms with Crippen LogP contribution in [-0.4, -0.2) is 80.8 Å². The summed E-state index contributed by atoms with van der Waals surface area (Å²) in [6.45, 7) is 0. The molecule has 1 aromatic rings. The van der Waals surface area contributed by atoms with E-state index >= 15 is 0 Å². The van der Waals surface area contributed by atoms with Crippen LogP contribution < -0.4 is 27.4 Å². The van der Waals surface area contributed by atoms with Crippen molar-refractivity contribution in [2.45, 2.75) is 43.4 Å². The van der Waals surface area contributed by atoms with Crippen LogP contribution >= 0.6 is 12.6 Å². The monoisotopic (exact) mass is 513 g/mol. The molecule has 0 bridgehead atoms. The fourth-order valence-corrected chi connectivity index (χ4v) is 3.04. The molecule has 35 heavy (non-hydrogen) atoms. The van der Waals surface area contributed by atoms with Gasteiger partial charge in [-0.1, -0.05) is 12.1 Å². The van der Waals surface area contributed by atoms with E-state index in [4.69, 9.17) is 21.7 Å². The van der Waals surface area contributed by atoms with Crippen LogP contribution in [0.4, 0.5) is 0 Å². The summed E-state index contributed by atoms with van der Waals surface area (Å²) in [7, 11) is 0. The van der Waals surface area contributed by atoms with E-state index in [1.54, 1.807) is 12.1 Å². The van der Waals surface area contributed by atoms with Gasteiger partial charge in [0.2, 0.25) is 23.6 Å². The Morgan fingerprint density at radius 3 is 1.83 bits per heavy atom. The van der Waals surface area contributed by atoms with Crippen molar-refractivity contribution in [3.8, 4) is 5.75 Å². The zero-order valence-electron chi connectivity index (χ0n) is 18.3. The predicted octanol–water partition coefficient (Wildman–Crippen LogP) is -2.92. The van der Waals surface area contributed by atoms with Gasteiger partial charge in [0.05, 0.1) is 18.9 Å². The molecule has 0 spiro atoms. The summed E-state index contributed by atoms with van der Waals surface area (Å²) in [4.78, 5) is 70.9. The summed E-state index contributed by atoms with van der Waals surface area (Å²) in [6, 6.07) is 0.0588. The van der Waals surface area contributed by atoms with Gasteiger partial charge in [0.25, 0.3) is 0 Å². The van der Waals surface area contributed by atoms with Crippen molar-refractivity contribution in [2.24, 2.45) is 11.5 Å². The second-order valence-electron chi connectivity index (χ2n) is 7.45. The molecule has 0 fully saturated rings. The fourth-order valence-electron chi connectivity index (χ4n) is 2.78. The van der Waals surface area contributed by atoms with Gasteiger partial charge in [-0.2, -0.15) is 12.6 Å². The number of carbonyl (C=O) groups excluding carboxylic acids is 4. The molecular formula is C20H27N5O9S. The quantitative estimate of drug-likeness (QED) is 0.115. The number of hydrogen-bond donors (Lipinski definition) is 9. The van der Waals surface area contributed by atoms with Crippen molar-refractivity contribution < 1.29 is 44.1 Å². The number of rotatable bonds is 14. The molecule has 4 amide bonds. The number of primary amides is 1. The first-order chi connectivity index (χ1) is 16.3. The number of hydrogen-bond acceptors (Lipinski definition) is 9. The van der Waals surface area contributed by atoms with E-state index in [2.05, 4.69) is 23.3 Å². The normalized spacial score (nSPS) is 14.0. The number of thiol groups is 1. The maximum atomic E-state index is 12.6. The van der Waals surface area contributed by atoms with Crippen molar-refractivity contribution in [1.82, 2.24) is 16.0 Å². The van der Waals surface area contributed by atoms with Crippen LogP contribution in [0.5, 0.6) is 5.75 Å². The van der Waals surface area contributed by atoms with Crippen molar-refractivity contribution in [1.29, 1.82) is 0 Å². The minimum absolute atomic E-state index is 0.0304. The van der Waals surface area contributed by atoms with Gasteiger partial charge >= 0.3 is 11.9 Å². The lowest BCUT2D eigenvalue weighted by Crippen LogP contribution is -2.58. The highest BCUT2D eigenvalue weighted by Gasteiger charge is 2.31. The summed E-state index contributed by atoms with van der Waals surface area (Å²) in [5, 5.41) is 33.9. The number of amides is 4. The Morgan fingerprint density at radius 1 is 0.829 bits per heavy atom. The Morgan fingerprint density at radius 2 is 1.34 bits per heavy atom. The van der Waals surface area contributed by atoms with E-state index in [0.717, 1.165) is 0 Å². The number of aromatic hydroxyl groups is 1. The van der Waals surface area contributed by atoms with Gasteiger partial charge in [0, 0.05) is 5.75 Å². The molecule has 4 unspecified atom stereocenters. The summed E-state index contributed by atoms with van der Waals surface area (Å²) in [5.74, 6) is -7.24. The lowest BCUT2D eigenvalue weighted by molar-refractivity contribution is -0.144. The molecule has 1 rings (SSSR count). The van der Waals surface area contributed by atoms with Crippen molar-refractivity contribution in [3.05, 3.63) is 29.8 Å². The van der Waals surface area contributed by atoms with Crippen LogP contribution in [0.25, 0.3) is 0 Å².